The topological polar surface area (TPSA) is 131 Å². The summed E-state index contributed by atoms with van der Waals surface area (Å²) in [4.78, 5) is 18.1. The van der Waals surface area contributed by atoms with Crippen LogP contribution in [0.25, 0.3) is 11.4 Å². The first-order valence-corrected chi connectivity index (χ1v) is 18.0. The maximum absolute atomic E-state index is 13.7. The molecule has 1 aliphatic heterocycles. The van der Waals surface area contributed by atoms with Crippen molar-refractivity contribution in [1.29, 1.82) is 0 Å². The smallest absolute Gasteiger partial charge is 0.255 e. The molecule has 2 aliphatic rings. The molecule has 0 spiro atoms. The molecule has 0 atom stereocenters. The number of aryl methyl sites for hydroxylation is 1. The van der Waals surface area contributed by atoms with Gasteiger partial charge in [-0.25, -0.2) is 13.1 Å². The van der Waals surface area contributed by atoms with Crippen molar-refractivity contribution >= 4 is 33.0 Å². The average Bonchev–Trinajstić information content (AvgIpc) is 3.49. The van der Waals surface area contributed by atoms with Gasteiger partial charge in [0.25, 0.3) is 5.91 Å². The Bertz CT molecular complexity index is 2010. The number of rotatable bonds is 11. The number of nitrogens with zero attached hydrogens (tertiary/aromatic N) is 5. The molecule has 1 aliphatic carbocycles. The van der Waals surface area contributed by atoms with Crippen LogP contribution in [-0.2, 0) is 26.8 Å². The van der Waals surface area contributed by atoms with E-state index in [1.807, 2.05) is 65.2 Å². The Balaban J connectivity index is 1.23. The molecular formula is C36H43N7O5S. The van der Waals surface area contributed by atoms with Crippen molar-refractivity contribution in [3.05, 3.63) is 101 Å². The molecule has 258 valence electrons. The van der Waals surface area contributed by atoms with E-state index >= 15 is 0 Å². The number of hydrogen-bond acceptors (Lipinski definition) is 9. The monoisotopic (exact) mass is 685 g/mol. The van der Waals surface area contributed by atoms with Gasteiger partial charge in [-0.05, 0) is 66.1 Å². The summed E-state index contributed by atoms with van der Waals surface area (Å²) in [5.74, 6) is -0.183. The van der Waals surface area contributed by atoms with Gasteiger partial charge in [-0.2, -0.15) is 0 Å². The van der Waals surface area contributed by atoms with Crippen molar-refractivity contribution in [2.24, 2.45) is 0 Å². The molecule has 4 aromatic rings. The van der Waals surface area contributed by atoms with Gasteiger partial charge in [0.15, 0.2) is 5.75 Å². The Labute approximate surface area is 287 Å². The number of amides is 1. The zero-order chi connectivity index (χ0) is 35.1. The fourth-order valence-electron chi connectivity index (χ4n) is 5.85. The summed E-state index contributed by atoms with van der Waals surface area (Å²) in [5.41, 5.74) is 5.50. The molecule has 2 heterocycles. The van der Waals surface area contributed by atoms with Gasteiger partial charge in [0, 0.05) is 18.8 Å². The van der Waals surface area contributed by atoms with Crippen LogP contribution in [-0.4, -0.2) is 71.9 Å². The number of benzene rings is 3. The van der Waals surface area contributed by atoms with E-state index in [9.17, 15) is 13.2 Å². The summed E-state index contributed by atoms with van der Waals surface area (Å²) in [5, 5.41) is 11.9. The zero-order valence-corrected chi connectivity index (χ0v) is 29.8. The third-order valence-electron chi connectivity index (χ3n) is 8.78. The highest BCUT2D eigenvalue weighted by molar-refractivity contribution is 7.92. The first kappa shape index (κ1) is 34.0. The molecule has 12 nitrogen and oxygen atoms in total. The molecule has 3 aromatic carbocycles. The molecule has 0 unspecified atom stereocenters. The molecule has 0 bridgehead atoms. The molecule has 6 rings (SSSR count). The van der Waals surface area contributed by atoms with E-state index in [2.05, 4.69) is 48.5 Å². The largest absolute Gasteiger partial charge is 0.492 e. The van der Waals surface area contributed by atoms with E-state index in [0.29, 0.717) is 35.9 Å². The fourth-order valence-corrected chi connectivity index (χ4v) is 6.41. The molecule has 2 N–H and O–H groups in total. The zero-order valence-electron chi connectivity index (χ0n) is 28.9. The van der Waals surface area contributed by atoms with Gasteiger partial charge in [0.05, 0.1) is 55.6 Å². The predicted octanol–water partition coefficient (Wildman–Crippen LogP) is 5.72. The van der Waals surface area contributed by atoms with E-state index in [4.69, 9.17) is 9.47 Å². The second-order valence-corrected chi connectivity index (χ2v) is 15.5. The molecule has 1 saturated carbocycles. The Kier molecular flexibility index (Phi) is 8.92. The summed E-state index contributed by atoms with van der Waals surface area (Å²) < 4.78 is 40.5. The summed E-state index contributed by atoms with van der Waals surface area (Å²) >= 11 is 0. The summed E-state index contributed by atoms with van der Waals surface area (Å²) in [6, 6.07) is 19.1. The van der Waals surface area contributed by atoms with Crippen molar-refractivity contribution in [2.45, 2.75) is 58.3 Å². The lowest BCUT2D eigenvalue weighted by molar-refractivity contribution is -0.0745. The number of aromatic nitrogens is 3. The molecule has 1 aromatic heterocycles. The van der Waals surface area contributed by atoms with Crippen molar-refractivity contribution in [1.82, 2.24) is 24.8 Å². The molecular weight excluding hydrogens is 643 g/mol. The maximum Gasteiger partial charge on any atom is 0.255 e. The lowest BCUT2D eigenvalue weighted by Crippen LogP contribution is -2.37. The van der Waals surface area contributed by atoms with Crippen molar-refractivity contribution in [3.63, 3.8) is 0 Å². The normalized spacial score (nSPS) is 15.6. The predicted molar refractivity (Wildman–Crippen MR) is 190 cm³/mol. The fraction of sp³-hybridized carbons (Fsp3) is 0.361. The molecule has 49 heavy (non-hydrogen) atoms. The Morgan fingerprint density at radius 3 is 2.41 bits per heavy atom. The minimum Gasteiger partial charge on any atom is -0.492 e. The van der Waals surface area contributed by atoms with Gasteiger partial charge in [0.2, 0.25) is 10.0 Å². The van der Waals surface area contributed by atoms with E-state index in [1.54, 1.807) is 28.9 Å². The highest BCUT2D eigenvalue weighted by atomic mass is 32.2. The average molecular weight is 686 g/mol. The number of carbonyl (C=O) groups is 1. The van der Waals surface area contributed by atoms with Gasteiger partial charge in [0.1, 0.15) is 11.4 Å². The number of sulfonamides is 1. The minimum atomic E-state index is -3.61. The lowest BCUT2D eigenvalue weighted by atomic mass is 9.86. The summed E-state index contributed by atoms with van der Waals surface area (Å²) in [6.45, 7) is 9.18. The molecule has 0 saturated heterocycles. The number of nitrogens with one attached hydrogen (secondary N) is 2. The van der Waals surface area contributed by atoms with Gasteiger partial charge in [-0.15, -0.1) is 5.10 Å². The van der Waals surface area contributed by atoms with Gasteiger partial charge in [-0.1, -0.05) is 62.4 Å². The number of hydrogen-bond donors (Lipinski definition) is 2. The summed E-state index contributed by atoms with van der Waals surface area (Å²) in [6.07, 6.45) is 6.94. The van der Waals surface area contributed by atoms with Gasteiger partial charge >= 0.3 is 0 Å². The number of anilines is 2. The third kappa shape index (κ3) is 7.42. The van der Waals surface area contributed by atoms with Crippen LogP contribution in [0.5, 0.6) is 5.75 Å². The highest BCUT2D eigenvalue weighted by Crippen LogP contribution is 2.46. The van der Waals surface area contributed by atoms with Crippen LogP contribution < -0.4 is 14.8 Å². The van der Waals surface area contributed by atoms with Crippen LogP contribution in [0.3, 0.4) is 0 Å². The van der Waals surface area contributed by atoms with E-state index in [0.717, 1.165) is 41.5 Å². The molecule has 1 amide bonds. The number of methoxy groups -OCH3 is 1. The van der Waals surface area contributed by atoms with E-state index in [1.165, 1.54) is 7.11 Å². The third-order valence-corrected chi connectivity index (χ3v) is 9.37. The Hall–Kier alpha value is -4.88. The van der Waals surface area contributed by atoms with Gasteiger partial charge in [-0.3, -0.25) is 9.52 Å². The first-order valence-electron chi connectivity index (χ1n) is 16.1. The second kappa shape index (κ2) is 12.9. The van der Waals surface area contributed by atoms with E-state index < -0.39 is 15.9 Å². The number of carbonyl (C=O) groups excluding carboxylic acids is 1. The van der Waals surface area contributed by atoms with Crippen LogP contribution in [0.1, 0.15) is 66.4 Å². The van der Waals surface area contributed by atoms with Crippen LogP contribution >= 0.6 is 0 Å². The first-order chi connectivity index (χ1) is 23.2. The molecule has 1 fully saturated rings. The van der Waals surface area contributed by atoms with Crippen molar-refractivity contribution in [3.8, 4) is 11.4 Å². The van der Waals surface area contributed by atoms with Crippen molar-refractivity contribution in [2.75, 3.05) is 37.1 Å². The van der Waals surface area contributed by atoms with E-state index in [-0.39, 0.29) is 22.6 Å². The minimum absolute atomic E-state index is 0.210. The maximum atomic E-state index is 13.7. The summed E-state index contributed by atoms with van der Waals surface area (Å²) in [7, 11) is -0.160. The Morgan fingerprint density at radius 2 is 1.76 bits per heavy atom. The molecule has 13 heteroatoms. The van der Waals surface area contributed by atoms with Gasteiger partial charge < -0.3 is 24.6 Å². The second-order valence-electron chi connectivity index (χ2n) is 13.8. The standard InChI is InChI=1S/C36H43N7O5S/c1-24-13-14-26(34(44)37-28-18-27(35(2,3)4)19-29(33(28)47-6)39-49(7,45)46)17-31(24)43-20-30(38-40-43)32-21-42(23-41(32)5)36(15-16-36)48-22-25-11-9-8-10-12-25/h8-14,17-21,39H,15-16,22-23H2,1-7H3,(H,37,44). The highest BCUT2D eigenvalue weighted by Gasteiger charge is 2.50. The van der Waals surface area contributed by atoms with Crippen LogP contribution in [0, 0.1) is 6.92 Å². The lowest BCUT2D eigenvalue weighted by Gasteiger charge is -2.28. The quantitative estimate of drug-likeness (QED) is 0.204. The molecule has 0 radical (unpaired) electrons. The van der Waals surface area contributed by atoms with Crippen LogP contribution in [0.15, 0.2) is 73.1 Å². The van der Waals surface area contributed by atoms with Crippen LogP contribution in [0.2, 0.25) is 0 Å². The SMILES string of the molecule is COc1c(NC(=O)c2ccc(C)c(-n3cc(C4=CN(C5(OCc6ccccc6)CC5)CN4C)nn3)c2)cc(C(C)(C)C)cc1NS(C)(=O)=O. The van der Waals surface area contributed by atoms with Crippen LogP contribution in [0.4, 0.5) is 11.4 Å². The Morgan fingerprint density at radius 1 is 1.04 bits per heavy atom. The van der Waals surface area contributed by atoms with Crippen molar-refractivity contribution < 1.29 is 22.7 Å². The number of ether oxygens (including phenoxy) is 2.